The first-order valence-corrected chi connectivity index (χ1v) is 4.63. The van der Waals surface area contributed by atoms with Crippen molar-refractivity contribution in [3.05, 3.63) is 22.4 Å². The van der Waals surface area contributed by atoms with Crippen LogP contribution >= 0.6 is 11.3 Å². The highest BCUT2D eigenvalue weighted by molar-refractivity contribution is 7.10. The van der Waals surface area contributed by atoms with Crippen LogP contribution in [0.1, 0.15) is 31.6 Å². The maximum Gasteiger partial charge on any atom is 0.00759 e. The molecule has 0 fully saturated rings. The van der Waals surface area contributed by atoms with Crippen LogP contribution in [0.5, 0.6) is 0 Å². The standard InChI is InChI=1S/C9H14S/c1-7(2)8(3)9-5-4-6-10-9/h4-8H,1-3H3/t8-/m0/s1. The van der Waals surface area contributed by atoms with Crippen molar-refractivity contribution in [3.63, 3.8) is 0 Å². The normalized spacial score (nSPS) is 14.0. The van der Waals surface area contributed by atoms with Crippen LogP contribution in [0, 0.1) is 5.92 Å². The fourth-order valence-electron chi connectivity index (χ4n) is 0.879. The lowest BCUT2D eigenvalue weighted by atomic mass is 9.97. The summed E-state index contributed by atoms with van der Waals surface area (Å²) in [5.74, 6) is 1.48. The van der Waals surface area contributed by atoms with Gasteiger partial charge in [0.1, 0.15) is 0 Å². The Kier molecular flexibility index (Phi) is 2.50. The van der Waals surface area contributed by atoms with E-state index >= 15 is 0 Å². The molecule has 0 unspecified atom stereocenters. The molecular formula is C9H14S. The molecular weight excluding hydrogens is 140 g/mol. The van der Waals surface area contributed by atoms with E-state index in [2.05, 4.69) is 38.3 Å². The molecule has 0 radical (unpaired) electrons. The molecule has 10 heavy (non-hydrogen) atoms. The van der Waals surface area contributed by atoms with E-state index in [-0.39, 0.29) is 0 Å². The molecule has 0 aromatic carbocycles. The Hall–Kier alpha value is -0.300. The van der Waals surface area contributed by atoms with Gasteiger partial charge in [0.05, 0.1) is 0 Å². The van der Waals surface area contributed by atoms with Crippen LogP contribution in [-0.2, 0) is 0 Å². The van der Waals surface area contributed by atoms with E-state index in [1.54, 1.807) is 0 Å². The van der Waals surface area contributed by atoms with Gasteiger partial charge in [-0.15, -0.1) is 11.3 Å². The van der Waals surface area contributed by atoms with Gasteiger partial charge in [0.25, 0.3) is 0 Å². The minimum atomic E-state index is 0.722. The van der Waals surface area contributed by atoms with Crippen LogP contribution in [0.3, 0.4) is 0 Å². The largest absolute Gasteiger partial charge is 0.149 e. The van der Waals surface area contributed by atoms with E-state index in [0.717, 1.165) is 11.8 Å². The molecule has 1 rings (SSSR count). The summed E-state index contributed by atoms with van der Waals surface area (Å²) in [6, 6.07) is 4.34. The molecule has 0 spiro atoms. The molecule has 1 atom stereocenters. The Balaban J connectivity index is 2.68. The number of thiophene rings is 1. The van der Waals surface area contributed by atoms with Crippen LogP contribution in [0.25, 0.3) is 0 Å². The first kappa shape index (κ1) is 7.80. The van der Waals surface area contributed by atoms with Crippen LogP contribution in [0.15, 0.2) is 17.5 Å². The third-order valence-electron chi connectivity index (χ3n) is 1.99. The van der Waals surface area contributed by atoms with Crippen molar-refractivity contribution >= 4 is 11.3 Å². The monoisotopic (exact) mass is 154 g/mol. The molecule has 0 saturated heterocycles. The van der Waals surface area contributed by atoms with E-state index in [1.165, 1.54) is 4.88 Å². The molecule has 1 aromatic heterocycles. The van der Waals surface area contributed by atoms with Crippen LogP contribution in [0.4, 0.5) is 0 Å². The molecule has 0 amide bonds. The lowest BCUT2D eigenvalue weighted by Gasteiger charge is -2.12. The Morgan fingerprint density at radius 1 is 1.30 bits per heavy atom. The Bertz CT molecular complexity index is 175. The Labute approximate surface area is 66.9 Å². The first-order chi connectivity index (χ1) is 4.72. The molecule has 0 aliphatic carbocycles. The molecule has 1 heteroatoms. The van der Waals surface area contributed by atoms with Crippen molar-refractivity contribution in [2.75, 3.05) is 0 Å². The van der Waals surface area contributed by atoms with E-state index in [4.69, 9.17) is 0 Å². The summed E-state index contributed by atoms with van der Waals surface area (Å²) in [7, 11) is 0. The predicted molar refractivity (Wildman–Crippen MR) is 47.6 cm³/mol. The molecule has 0 nitrogen and oxygen atoms in total. The molecule has 0 aliphatic rings. The van der Waals surface area contributed by atoms with Gasteiger partial charge in [0.15, 0.2) is 0 Å². The van der Waals surface area contributed by atoms with Gasteiger partial charge in [-0.2, -0.15) is 0 Å². The van der Waals surface area contributed by atoms with Crippen molar-refractivity contribution in [2.45, 2.75) is 26.7 Å². The van der Waals surface area contributed by atoms with Gasteiger partial charge >= 0.3 is 0 Å². The number of rotatable bonds is 2. The predicted octanol–water partition coefficient (Wildman–Crippen LogP) is 3.51. The summed E-state index contributed by atoms with van der Waals surface area (Å²) in [6.07, 6.45) is 0. The van der Waals surface area contributed by atoms with E-state index in [0.29, 0.717) is 0 Å². The topological polar surface area (TPSA) is 0 Å². The lowest BCUT2D eigenvalue weighted by molar-refractivity contribution is 0.542. The highest BCUT2D eigenvalue weighted by Gasteiger charge is 2.09. The molecule has 0 saturated carbocycles. The SMILES string of the molecule is CC(C)[C@H](C)c1cccs1. The van der Waals surface area contributed by atoms with Crippen molar-refractivity contribution in [1.29, 1.82) is 0 Å². The second-order valence-corrected chi connectivity index (χ2v) is 4.03. The molecule has 1 aromatic rings. The molecule has 1 heterocycles. The highest BCUT2D eigenvalue weighted by Crippen LogP contribution is 2.26. The number of hydrogen-bond donors (Lipinski definition) is 0. The molecule has 0 bridgehead atoms. The van der Waals surface area contributed by atoms with Gasteiger partial charge in [-0.25, -0.2) is 0 Å². The minimum absolute atomic E-state index is 0.722. The van der Waals surface area contributed by atoms with Crippen LogP contribution < -0.4 is 0 Å². The van der Waals surface area contributed by atoms with Crippen LogP contribution in [-0.4, -0.2) is 0 Å². The average molecular weight is 154 g/mol. The zero-order valence-corrected chi connectivity index (χ0v) is 7.61. The fraction of sp³-hybridized carbons (Fsp3) is 0.556. The minimum Gasteiger partial charge on any atom is -0.149 e. The van der Waals surface area contributed by atoms with Gasteiger partial charge in [-0.3, -0.25) is 0 Å². The maximum atomic E-state index is 2.29. The summed E-state index contributed by atoms with van der Waals surface area (Å²) in [5, 5.41) is 2.15. The van der Waals surface area contributed by atoms with Crippen molar-refractivity contribution in [2.24, 2.45) is 5.92 Å². The highest BCUT2D eigenvalue weighted by atomic mass is 32.1. The Morgan fingerprint density at radius 2 is 2.00 bits per heavy atom. The van der Waals surface area contributed by atoms with Gasteiger partial charge in [-0.05, 0) is 23.3 Å². The Morgan fingerprint density at radius 3 is 2.40 bits per heavy atom. The van der Waals surface area contributed by atoms with E-state index in [1.807, 2.05) is 11.3 Å². The smallest absolute Gasteiger partial charge is 0.00759 e. The summed E-state index contributed by atoms with van der Waals surface area (Å²) in [5.41, 5.74) is 0. The van der Waals surface area contributed by atoms with Crippen molar-refractivity contribution < 1.29 is 0 Å². The quantitative estimate of drug-likeness (QED) is 0.611. The molecule has 0 aliphatic heterocycles. The maximum absolute atomic E-state index is 2.29. The fourth-order valence-corrected chi connectivity index (χ4v) is 1.84. The lowest BCUT2D eigenvalue weighted by Crippen LogP contribution is -1.98. The second-order valence-electron chi connectivity index (χ2n) is 3.05. The third-order valence-corrected chi connectivity index (χ3v) is 3.07. The molecule has 0 N–H and O–H groups in total. The van der Waals surface area contributed by atoms with E-state index in [9.17, 15) is 0 Å². The van der Waals surface area contributed by atoms with Gasteiger partial charge in [-0.1, -0.05) is 26.8 Å². The van der Waals surface area contributed by atoms with E-state index < -0.39 is 0 Å². The van der Waals surface area contributed by atoms with Crippen molar-refractivity contribution in [3.8, 4) is 0 Å². The summed E-state index contributed by atoms with van der Waals surface area (Å²) >= 11 is 1.86. The second kappa shape index (κ2) is 3.20. The van der Waals surface area contributed by atoms with Gasteiger partial charge in [0.2, 0.25) is 0 Å². The van der Waals surface area contributed by atoms with Crippen molar-refractivity contribution in [1.82, 2.24) is 0 Å². The summed E-state index contributed by atoms with van der Waals surface area (Å²) in [6.45, 7) is 6.82. The summed E-state index contributed by atoms with van der Waals surface area (Å²) < 4.78 is 0. The number of hydrogen-bond acceptors (Lipinski definition) is 1. The third kappa shape index (κ3) is 1.60. The summed E-state index contributed by atoms with van der Waals surface area (Å²) in [4.78, 5) is 1.51. The zero-order chi connectivity index (χ0) is 7.56. The van der Waals surface area contributed by atoms with Gasteiger partial charge in [0, 0.05) is 4.88 Å². The van der Waals surface area contributed by atoms with Crippen LogP contribution in [0.2, 0.25) is 0 Å². The zero-order valence-electron chi connectivity index (χ0n) is 6.79. The molecule has 56 valence electrons. The average Bonchev–Trinajstić information content (AvgIpc) is 2.36. The first-order valence-electron chi connectivity index (χ1n) is 3.75. The van der Waals surface area contributed by atoms with Gasteiger partial charge < -0.3 is 0 Å².